The number of anilines is 1. The summed E-state index contributed by atoms with van der Waals surface area (Å²) in [6.07, 6.45) is 0.774. The first-order chi connectivity index (χ1) is 8.99. The molecule has 0 aliphatic carbocycles. The minimum Gasteiger partial charge on any atom is -0.398 e. The number of amides is 2. The molecule has 1 aromatic carbocycles. The molecule has 0 unspecified atom stereocenters. The molecular formula is C13H18BrN3O2. The molecule has 0 atom stereocenters. The smallest absolute Gasteiger partial charge is 0.256 e. The number of nitrogen functional groups attached to an aromatic ring is 1. The molecule has 0 aliphatic rings. The average molecular weight is 328 g/mol. The van der Waals surface area contributed by atoms with Crippen LogP contribution in [0.5, 0.6) is 0 Å². The van der Waals surface area contributed by atoms with E-state index in [2.05, 4.69) is 21.2 Å². The molecule has 0 aliphatic heterocycles. The zero-order valence-corrected chi connectivity index (χ0v) is 12.7. The number of nitrogens with two attached hydrogens (primary N) is 1. The van der Waals surface area contributed by atoms with Crippen LogP contribution in [-0.4, -0.2) is 36.9 Å². The molecule has 0 fully saturated rings. The third-order valence-corrected chi connectivity index (χ3v) is 3.13. The fourth-order valence-electron chi connectivity index (χ4n) is 1.66. The van der Waals surface area contributed by atoms with Crippen LogP contribution >= 0.6 is 15.9 Å². The van der Waals surface area contributed by atoms with Crippen molar-refractivity contribution < 1.29 is 9.59 Å². The monoisotopic (exact) mass is 327 g/mol. The number of halogens is 1. The zero-order valence-electron chi connectivity index (χ0n) is 11.1. The van der Waals surface area contributed by atoms with E-state index in [1.54, 1.807) is 25.2 Å². The molecule has 6 heteroatoms. The van der Waals surface area contributed by atoms with E-state index in [0.29, 0.717) is 17.8 Å². The number of benzene rings is 1. The highest BCUT2D eigenvalue weighted by Crippen LogP contribution is 2.20. The minimum atomic E-state index is -0.232. The van der Waals surface area contributed by atoms with Gasteiger partial charge in [0.1, 0.15) is 0 Å². The minimum absolute atomic E-state index is 0.0368. The van der Waals surface area contributed by atoms with E-state index in [4.69, 9.17) is 5.73 Å². The maximum absolute atomic E-state index is 12.4. The van der Waals surface area contributed by atoms with Gasteiger partial charge in [-0.1, -0.05) is 22.9 Å². The van der Waals surface area contributed by atoms with E-state index in [1.807, 2.05) is 6.92 Å². The summed E-state index contributed by atoms with van der Waals surface area (Å²) in [6.45, 7) is 2.50. The van der Waals surface area contributed by atoms with Gasteiger partial charge in [0.2, 0.25) is 5.91 Å². The molecule has 0 bridgehead atoms. The lowest BCUT2D eigenvalue weighted by Crippen LogP contribution is -2.40. The Bertz CT molecular complexity index is 477. The summed E-state index contributed by atoms with van der Waals surface area (Å²) in [6, 6.07) is 5.11. The number of nitrogens with zero attached hydrogens (tertiary/aromatic N) is 1. The topological polar surface area (TPSA) is 75.4 Å². The molecule has 1 rings (SSSR count). The Labute approximate surface area is 121 Å². The molecule has 0 aromatic heterocycles. The number of rotatable bonds is 5. The lowest BCUT2D eigenvalue weighted by Gasteiger charge is -2.22. The Hall–Kier alpha value is -1.56. The number of carbonyl (C=O) groups is 2. The van der Waals surface area contributed by atoms with Gasteiger partial charge in [-0.25, -0.2) is 0 Å². The normalized spacial score (nSPS) is 10.1. The molecule has 0 saturated heterocycles. The molecule has 5 nitrogen and oxygen atoms in total. The van der Waals surface area contributed by atoms with Gasteiger partial charge in [-0.05, 0) is 24.6 Å². The van der Waals surface area contributed by atoms with Crippen molar-refractivity contribution >= 4 is 33.4 Å². The Morgan fingerprint density at radius 3 is 2.68 bits per heavy atom. The second-order valence-corrected chi connectivity index (χ2v) is 5.05. The predicted octanol–water partition coefficient (Wildman–Crippen LogP) is 1.63. The van der Waals surface area contributed by atoms with Gasteiger partial charge >= 0.3 is 0 Å². The van der Waals surface area contributed by atoms with E-state index in [1.165, 1.54) is 4.90 Å². The van der Waals surface area contributed by atoms with Gasteiger partial charge in [0.25, 0.3) is 5.91 Å². The number of nitrogens with one attached hydrogen (secondary N) is 1. The number of hydrogen-bond acceptors (Lipinski definition) is 3. The van der Waals surface area contributed by atoms with E-state index < -0.39 is 0 Å². The van der Waals surface area contributed by atoms with Crippen molar-refractivity contribution in [1.82, 2.24) is 10.2 Å². The molecule has 2 amide bonds. The lowest BCUT2D eigenvalue weighted by atomic mass is 10.1. The SMILES string of the molecule is CCCN(CC(=O)NC)C(=O)c1cc(Br)ccc1N. The summed E-state index contributed by atoms with van der Waals surface area (Å²) in [4.78, 5) is 25.3. The first-order valence-corrected chi connectivity index (χ1v) is 6.83. The highest BCUT2D eigenvalue weighted by molar-refractivity contribution is 9.10. The number of hydrogen-bond donors (Lipinski definition) is 2. The van der Waals surface area contributed by atoms with Crippen molar-refractivity contribution in [1.29, 1.82) is 0 Å². The van der Waals surface area contributed by atoms with Crippen molar-refractivity contribution in [2.75, 3.05) is 25.9 Å². The van der Waals surface area contributed by atoms with Crippen LogP contribution < -0.4 is 11.1 Å². The van der Waals surface area contributed by atoms with Crippen LogP contribution in [0.25, 0.3) is 0 Å². The van der Waals surface area contributed by atoms with Gasteiger partial charge in [-0.2, -0.15) is 0 Å². The Kier molecular flexibility index (Phi) is 5.82. The first kappa shape index (κ1) is 15.5. The largest absolute Gasteiger partial charge is 0.398 e. The van der Waals surface area contributed by atoms with Gasteiger partial charge in [-0.3, -0.25) is 9.59 Å². The second kappa shape index (κ2) is 7.13. The summed E-state index contributed by atoms with van der Waals surface area (Å²) in [7, 11) is 1.55. The molecule has 0 spiro atoms. The van der Waals surface area contributed by atoms with Gasteiger partial charge in [0.05, 0.1) is 12.1 Å². The van der Waals surface area contributed by atoms with E-state index in [0.717, 1.165) is 10.9 Å². The number of likely N-dealkylation sites (N-methyl/N-ethyl adjacent to an activating group) is 1. The molecule has 3 N–H and O–H groups in total. The van der Waals surface area contributed by atoms with Crippen molar-refractivity contribution in [3.05, 3.63) is 28.2 Å². The van der Waals surface area contributed by atoms with Crippen LogP contribution in [0.3, 0.4) is 0 Å². The Morgan fingerprint density at radius 1 is 1.42 bits per heavy atom. The second-order valence-electron chi connectivity index (χ2n) is 4.13. The van der Waals surface area contributed by atoms with Gasteiger partial charge in [0, 0.05) is 23.8 Å². The quantitative estimate of drug-likeness (QED) is 0.807. The van der Waals surface area contributed by atoms with Crippen molar-refractivity contribution in [3.63, 3.8) is 0 Å². The summed E-state index contributed by atoms with van der Waals surface area (Å²) < 4.78 is 0.779. The van der Waals surface area contributed by atoms with Crippen LogP contribution in [0.2, 0.25) is 0 Å². The van der Waals surface area contributed by atoms with Crippen molar-refractivity contribution in [2.45, 2.75) is 13.3 Å². The molecule has 104 valence electrons. The molecule has 0 saturated carbocycles. The molecular weight excluding hydrogens is 310 g/mol. The van der Waals surface area contributed by atoms with E-state index in [9.17, 15) is 9.59 Å². The van der Waals surface area contributed by atoms with Crippen LogP contribution in [0.1, 0.15) is 23.7 Å². The maximum atomic E-state index is 12.4. The predicted molar refractivity (Wildman–Crippen MR) is 78.8 cm³/mol. The fraction of sp³-hybridized carbons (Fsp3) is 0.385. The van der Waals surface area contributed by atoms with Gasteiger partial charge < -0.3 is 16.0 Å². The van der Waals surface area contributed by atoms with Crippen LogP contribution in [-0.2, 0) is 4.79 Å². The van der Waals surface area contributed by atoms with Crippen LogP contribution in [0, 0.1) is 0 Å². The van der Waals surface area contributed by atoms with E-state index >= 15 is 0 Å². The fourth-order valence-corrected chi connectivity index (χ4v) is 2.02. The van der Waals surface area contributed by atoms with Crippen LogP contribution in [0.4, 0.5) is 5.69 Å². The Morgan fingerprint density at radius 2 is 2.11 bits per heavy atom. The summed E-state index contributed by atoms with van der Waals surface area (Å²) in [5.41, 5.74) is 6.64. The highest BCUT2D eigenvalue weighted by atomic mass is 79.9. The maximum Gasteiger partial charge on any atom is 0.256 e. The summed E-state index contributed by atoms with van der Waals surface area (Å²) >= 11 is 3.31. The number of carbonyl (C=O) groups excluding carboxylic acids is 2. The van der Waals surface area contributed by atoms with Crippen molar-refractivity contribution in [3.8, 4) is 0 Å². The molecule has 0 radical (unpaired) electrons. The molecule has 19 heavy (non-hydrogen) atoms. The summed E-state index contributed by atoms with van der Waals surface area (Å²) in [5, 5.41) is 2.51. The van der Waals surface area contributed by atoms with Crippen molar-refractivity contribution in [2.24, 2.45) is 0 Å². The van der Waals surface area contributed by atoms with Gasteiger partial charge in [0.15, 0.2) is 0 Å². The highest BCUT2D eigenvalue weighted by Gasteiger charge is 2.19. The standard InChI is InChI=1S/C13H18BrN3O2/c1-3-6-17(8-12(18)16-2)13(19)10-7-9(14)4-5-11(10)15/h4-5,7H,3,6,8,15H2,1-2H3,(H,16,18). The average Bonchev–Trinajstić information content (AvgIpc) is 2.40. The first-order valence-electron chi connectivity index (χ1n) is 6.04. The third kappa shape index (κ3) is 4.24. The van der Waals surface area contributed by atoms with Gasteiger partial charge in [-0.15, -0.1) is 0 Å². The Balaban J connectivity index is 2.98. The molecule has 1 aromatic rings. The summed E-state index contributed by atoms with van der Waals surface area (Å²) in [5.74, 6) is -0.431. The zero-order chi connectivity index (χ0) is 14.4. The molecule has 0 heterocycles. The lowest BCUT2D eigenvalue weighted by molar-refractivity contribution is -0.121. The van der Waals surface area contributed by atoms with E-state index in [-0.39, 0.29) is 18.4 Å². The third-order valence-electron chi connectivity index (χ3n) is 2.64. The van der Waals surface area contributed by atoms with Crippen LogP contribution in [0.15, 0.2) is 22.7 Å².